The normalized spacial score (nSPS) is 18.9. The summed E-state index contributed by atoms with van der Waals surface area (Å²) in [5, 5.41) is 4.39. The quantitative estimate of drug-likeness (QED) is 0.872. The molecule has 0 unspecified atom stereocenters. The van der Waals surface area contributed by atoms with Crippen LogP contribution in [0.1, 0.15) is 25.6 Å². The van der Waals surface area contributed by atoms with Crippen molar-refractivity contribution in [2.24, 2.45) is 5.92 Å². The molecule has 0 aromatic carbocycles. The van der Waals surface area contributed by atoms with Gasteiger partial charge in [-0.25, -0.2) is 4.98 Å². The second-order valence-electron chi connectivity index (χ2n) is 4.50. The van der Waals surface area contributed by atoms with Crippen molar-refractivity contribution in [3.05, 3.63) is 5.82 Å². The third kappa shape index (κ3) is 3.15. The number of anilines is 1. The van der Waals surface area contributed by atoms with E-state index in [1.807, 2.05) is 0 Å². The zero-order valence-corrected chi connectivity index (χ0v) is 10.9. The number of hydrogen-bond acceptors (Lipinski definition) is 5. The van der Waals surface area contributed by atoms with Gasteiger partial charge >= 0.3 is 0 Å². The van der Waals surface area contributed by atoms with Crippen LogP contribution in [0.5, 0.6) is 0 Å². The van der Waals surface area contributed by atoms with Crippen molar-refractivity contribution in [2.45, 2.75) is 26.2 Å². The van der Waals surface area contributed by atoms with Gasteiger partial charge in [0.2, 0.25) is 5.13 Å². The predicted octanol–water partition coefficient (Wildman–Crippen LogP) is 1.85. The average molecular weight is 240 g/mol. The Morgan fingerprint density at radius 3 is 2.81 bits per heavy atom. The maximum absolute atomic E-state index is 4.41. The summed E-state index contributed by atoms with van der Waals surface area (Å²) in [6.45, 7) is 5.58. The molecule has 5 heteroatoms. The summed E-state index contributed by atoms with van der Waals surface area (Å²) in [5.74, 6) is 1.75. The highest BCUT2D eigenvalue weighted by Crippen LogP contribution is 2.18. The molecule has 1 fully saturated rings. The van der Waals surface area contributed by atoms with Gasteiger partial charge in [0.25, 0.3) is 0 Å². The molecule has 1 aromatic rings. The number of hydrogen-bond donors (Lipinski definition) is 1. The van der Waals surface area contributed by atoms with Gasteiger partial charge in [-0.1, -0.05) is 6.92 Å². The monoisotopic (exact) mass is 240 g/mol. The van der Waals surface area contributed by atoms with Crippen LogP contribution in [0.15, 0.2) is 0 Å². The van der Waals surface area contributed by atoms with E-state index < -0.39 is 0 Å². The Labute approximate surface area is 101 Å². The summed E-state index contributed by atoms with van der Waals surface area (Å²) >= 11 is 1.48. The lowest BCUT2D eigenvalue weighted by Crippen LogP contribution is -2.32. The first-order valence-corrected chi connectivity index (χ1v) is 6.80. The van der Waals surface area contributed by atoms with Crippen molar-refractivity contribution < 1.29 is 0 Å². The Morgan fingerprint density at radius 2 is 2.19 bits per heavy atom. The summed E-state index contributed by atoms with van der Waals surface area (Å²) in [5.41, 5.74) is 0. The van der Waals surface area contributed by atoms with Crippen molar-refractivity contribution in [2.75, 3.05) is 32.0 Å². The van der Waals surface area contributed by atoms with Gasteiger partial charge in [0.05, 0.1) is 0 Å². The molecule has 16 heavy (non-hydrogen) atoms. The van der Waals surface area contributed by atoms with Crippen LogP contribution in [0, 0.1) is 5.92 Å². The van der Waals surface area contributed by atoms with E-state index in [-0.39, 0.29) is 0 Å². The minimum Gasteiger partial charge on any atom is -0.360 e. The number of piperidine rings is 1. The van der Waals surface area contributed by atoms with Gasteiger partial charge in [-0.2, -0.15) is 4.37 Å². The van der Waals surface area contributed by atoms with Crippen LogP contribution >= 0.6 is 11.5 Å². The van der Waals surface area contributed by atoms with Crippen LogP contribution in [-0.4, -0.2) is 40.9 Å². The fourth-order valence-electron chi connectivity index (χ4n) is 1.97. The third-order valence-electron chi connectivity index (χ3n) is 3.16. The van der Waals surface area contributed by atoms with E-state index >= 15 is 0 Å². The summed E-state index contributed by atoms with van der Waals surface area (Å²) in [4.78, 5) is 6.81. The van der Waals surface area contributed by atoms with E-state index in [9.17, 15) is 0 Å². The molecule has 0 aliphatic carbocycles. The van der Waals surface area contributed by atoms with Crippen molar-refractivity contribution in [3.63, 3.8) is 0 Å². The Kier molecular flexibility index (Phi) is 4.12. The molecule has 1 N–H and O–H groups in total. The zero-order chi connectivity index (χ0) is 11.4. The standard InChI is InChI=1S/C11H20N4S/c1-3-10-13-11(16-14-10)12-8-9-4-6-15(2)7-5-9/h9H,3-8H2,1-2H3,(H,12,13,14). The smallest absolute Gasteiger partial charge is 0.202 e. The second-order valence-corrected chi connectivity index (χ2v) is 5.25. The highest BCUT2D eigenvalue weighted by Gasteiger charge is 2.16. The molecule has 2 heterocycles. The molecule has 4 nitrogen and oxygen atoms in total. The highest BCUT2D eigenvalue weighted by molar-refractivity contribution is 7.09. The van der Waals surface area contributed by atoms with Gasteiger partial charge in [-0.3, -0.25) is 0 Å². The van der Waals surface area contributed by atoms with Crippen LogP contribution in [0.25, 0.3) is 0 Å². The molecular formula is C11H20N4S. The van der Waals surface area contributed by atoms with Gasteiger partial charge in [0.1, 0.15) is 5.82 Å². The van der Waals surface area contributed by atoms with Gasteiger partial charge in [0, 0.05) is 24.5 Å². The maximum Gasteiger partial charge on any atom is 0.202 e. The van der Waals surface area contributed by atoms with Crippen LogP contribution in [-0.2, 0) is 6.42 Å². The van der Waals surface area contributed by atoms with Crippen molar-refractivity contribution in [3.8, 4) is 0 Å². The first kappa shape index (κ1) is 11.8. The van der Waals surface area contributed by atoms with Gasteiger partial charge < -0.3 is 10.2 Å². The van der Waals surface area contributed by atoms with Gasteiger partial charge in [-0.05, 0) is 38.9 Å². The number of nitrogens with one attached hydrogen (secondary N) is 1. The van der Waals surface area contributed by atoms with E-state index in [1.165, 1.54) is 37.5 Å². The topological polar surface area (TPSA) is 41.1 Å². The molecule has 1 aromatic heterocycles. The molecule has 0 spiro atoms. The first-order valence-electron chi connectivity index (χ1n) is 6.03. The van der Waals surface area contributed by atoms with Crippen LogP contribution in [0.4, 0.5) is 5.13 Å². The molecule has 1 aliphatic rings. The number of aromatic nitrogens is 2. The predicted molar refractivity (Wildman–Crippen MR) is 68.0 cm³/mol. The van der Waals surface area contributed by atoms with E-state index in [2.05, 4.69) is 33.5 Å². The average Bonchev–Trinajstić information content (AvgIpc) is 2.76. The Balaban J connectivity index is 1.74. The fourth-order valence-corrected chi connectivity index (χ4v) is 2.62. The van der Waals surface area contributed by atoms with Gasteiger partial charge in [0.15, 0.2) is 0 Å². The molecule has 0 radical (unpaired) electrons. The fraction of sp³-hybridized carbons (Fsp3) is 0.818. The molecule has 0 amide bonds. The maximum atomic E-state index is 4.41. The molecule has 0 atom stereocenters. The number of rotatable bonds is 4. The van der Waals surface area contributed by atoms with Gasteiger partial charge in [-0.15, -0.1) is 0 Å². The van der Waals surface area contributed by atoms with Crippen molar-refractivity contribution in [1.29, 1.82) is 0 Å². The highest BCUT2D eigenvalue weighted by atomic mass is 32.1. The van der Waals surface area contributed by atoms with Crippen LogP contribution in [0.2, 0.25) is 0 Å². The molecular weight excluding hydrogens is 220 g/mol. The lowest BCUT2D eigenvalue weighted by Gasteiger charge is -2.28. The largest absolute Gasteiger partial charge is 0.360 e. The molecule has 1 aliphatic heterocycles. The van der Waals surface area contributed by atoms with E-state index in [0.717, 1.165) is 29.8 Å². The Hall–Kier alpha value is -0.680. The van der Waals surface area contributed by atoms with E-state index in [4.69, 9.17) is 0 Å². The van der Waals surface area contributed by atoms with Crippen molar-refractivity contribution in [1.82, 2.24) is 14.3 Å². The number of nitrogens with zero attached hydrogens (tertiary/aromatic N) is 3. The first-order chi connectivity index (χ1) is 7.78. The van der Waals surface area contributed by atoms with E-state index in [1.54, 1.807) is 0 Å². The minimum absolute atomic E-state index is 0.796. The molecule has 0 saturated carbocycles. The minimum atomic E-state index is 0.796. The summed E-state index contributed by atoms with van der Waals surface area (Å²) < 4.78 is 4.27. The summed E-state index contributed by atoms with van der Waals surface area (Å²) in [6, 6.07) is 0. The number of likely N-dealkylation sites (tertiary alicyclic amines) is 1. The second kappa shape index (κ2) is 5.59. The van der Waals surface area contributed by atoms with Crippen LogP contribution < -0.4 is 5.32 Å². The summed E-state index contributed by atoms with van der Waals surface area (Å²) in [6.07, 6.45) is 3.51. The van der Waals surface area contributed by atoms with E-state index in [0.29, 0.717) is 0 Å². The molecule has 90 valence electrons. The van der Waals surface area contributed by atoms with Crippen LogP contribution in [0.3, 0.4) is 0 Å². The SMILES string of the molecule is CCc1nsc(NCC2CCN(C)CC2)n1. The molecule has 1 saturated heterocycles. The zero-order valence-electron chi connectivity index (χ0n) is 10.1. The lowest BCUT2D eigenvalue weighted by molar-refractivity contribution is 0.226. The lowest BCUT2D eigenvalue weighted by atomic mass is 9.97. The Bertz CT molecular complexity index is 318. The summed E-state index contributed by atoms with van der Waals surface area (Å²) in [7, 11) is 2.20. The third-order valence-corrected chi connectivity index (χ3v) is 3.88. The van der Waals surface area contributed by atoms with Crippen molar-refractivity contribution >= 4 is 16.7 Å². The molecule has 2 rings (SSSR count). The number of aryl methyl sites for hydroxylation is 1. The molecule has 0 bridgehead atoms. The Morgan fingerprint density at radius 1 is 1.44 bits per heavy atom.